The summed E-state index contributed by atoms with van der Waals surface area (Å²) < 4.78 is 6.89. The first-order valence-corrected chi connectivity index (χ1v) is 12.0. The molecule has 1 unspecified atom stereocenters. The number of hydrogen-bond acceptors (Lipinski definition) is 7. The van der Waals surface area contributed by atoms with E-state index >= 15 is 0 Å². The fraction of sp³-hybridized carbons (Fsp3) is 0.560. The van der Waals surface area contributed by atoms with Crippen molar-refractivity contribution in [2.24, 2.45) is 11.8 Å². The van der Waals surface area contributed by atoms with Crippen molar-refractivity contribution < 1.29 is 29.3 Å². The third kappa shape index (κ3) is 6.39. The monoisotopic (exact) mass is 501 g/mol. The van der Waals surface area contributed by atoms with Crippen LogP contribution in [0.5, 0.6) is 0 Å². The van der Waals surface area contributed by atoms with E-state index in [2.05, 4.69) is 10.3 Å². The molecule has 0 aliphatic carbocycles. The van der Waals surface area contributed by atoms with E-state index in [9.17, 15) is 24.6 Å². The van der Waals surface area contributed by atoms with Gasteiger partial charge in [-0.25, -0.2) is 9.48 Å². The molecular weight excluding hydrogens is 466 g/mol. The topological polar surface area (TPSA) is 138 Å². The van der Waals surface area contributed by atoms with Crippen LogP contribution in [0.1, 0.15) is 57.2 Å². The first-order valence-electron chi connectivity index (χ1n) is 12.0. The zero-order chi connectivity index (χ0) is 26.6. The summed E-state index contributed by atoms with van der Waals surface area (Å²) in [5.41, 5.74) is 0.114. The number of nitrogens with zero attached hydrogens (tertiary/aromatic N) is 5. The third-order valence-corrected chi connectivity index (χ3v) is 5.81. The smallest absolute Gasteiger partial charge is 0.410 e. The minimum absolute atomic E-state index is 0.00344. The van der Waals surface area contributed by atoms with E-state index in [4.69, 9.17) is 4.74 Å². The van der Waals surface area contributed by atoms with Crippen molar-refractivity contribution in [3.63, 3.8) is 0 Å². The summed E-state index contributed by atoms with van der Waals surface area (Å²) in [6.07, 6.45) is -0.449. The summed E-state index contributed by atoms with van der Waals surface area (Å²) in [5, 5.41) is 28.0. The molecule has 2 heterocycles. The second kappa shape index (κ2) is 11.1. The summed E-state index contributed by atoms with van der Waals surface area (Å²) in [4.78, 5) is 41.5. The van der Waals surface area contributed by atoms with E-state index < -0.39 is 42.1 Å². The van der Waals surface area contributed by atoms with Gasteiger partial charge in [-0.1, -0.05) is 37.3 Å². The summed E-state index contributed by atoms with van der Waals surface area (Å²) in [5.74, 6) is -2.33. The number of aliphatic hydroxyl groups excluding tert-OH is 1. The van der Waals surface area contributed by atoms with Crippen LogP contribution in [0.15, 0.2) is 30.3 Å². The Morgan fingerprint density at radius 2 is 1.83 bits per heavy atom. The van der Waals surface area contributed by atoms with Crippen LogP contribution in [-0.2, 0) is 16.1 Å². The number of benzene rings is 1. The lowest BCUT2D eigenvalue weighted by Crippen LogP contribution is -2.56. The quantitative estimate of drug-likeness (QED) is 0.590. The van der Waals surface area contributed by atoms with Crippen LogP contribution in [0.4, 0.5) is 4.79 Å². The fourth-order valence-corrected chi connectivity index (χ4v) is 4.27. The van der Waals surface area contributed by atoms with Crippen LogP contribution in [0.2, 0.25) is 0 Å². The molecule has 1 aliphatic heterocycles. The van der Waals surface area contributed by atoms with Gasteiger partial charge in [0.15, 0.2) is 5.69 Å². The summed E-state index contributed by atoms with van der Waals surface area (Å²) >= 11 is 0. The Morgan fingerprint density at radius 1 is 1.17 bits per heavy atom. The number of aliphatic hydroxyl groups is 1. The molecule has 1 aromatic carbocycles. The molecule has 11 heteroatoms. The molecule has 0 saturated carbocycles. The van der Waals surface area contributed by atoms with Crippen LogP contribution < -0.4 is 0 Å². The number of carboxylic acids is 1. The van der Waals surface area contributed by atoms with Gasteiger partial charge in [-0.3, -0.25) is 9.59 Å². The number of carbonyl (C=O) groups excluding carboxylic acids is 2. The average molecular weight is 502 g/mol. The predicted molar refractivity (Wildman–Crippen MR) is 130 cm³/mol. The van der Waals surface area contributed by atoms with E-state index in [1.165, 1.54) is 9.58 Å². The van der Waals surface area contributed by atoms with Crippen LogP contribution in [0.3, 0.4) is 0 Å². The SMILES string of the molecule is CC(C)CN(C(=O)c1nnn(-c2ccccc2)c1CO)C1C[C@@H](C(=O)O)CN(C(=O)OC(C)(C)C)C1. The van der Waals surface area contributed by atoms with Crippen molar-refractivity contribution in [3.05, 3.63) is 41.7 Å². The zero-order valence-corrected chi connectivity index (χ0v) is 21.4. The predicted octanol–water partition coefficient (Wildman–Crippen LogP) is 2.57. The number of amides is 2. The van der Waals surface area contributed by atoms with Crippen LogP contribution in [-0.4, -0.2) is 84.3 Å². The molecule has 1 saturated heterocycles. The maximum absolute atomic E-state index is 13.8. The minimum Gasteiger partial charge on any atom is -0.481 e. The van der Waals surface area contributed by atoms with Crippen molar-refractivity contribution in [1.29, 1.82) is 0 Å². The largest absolute Gasteiger partial charge is 0.481 e. The first-order chi connectivity index (χ1) is 16.9. The molecule has 11 nitrogen and oxygen atoms in total. The number of rotatable bonds is 7. The van der Waals surface area contributed by atoms with Gasteiger partial charge in [0, 0.05) is 19.6 Å². The number of carboxylic acid groups (broad SMARTS) is 1. The van der Waals surface area contributed by atoms with E-state index in [1.807, 2.05) is 32.0 Å². The average Bonchev–Trinajstić information content (AvgIpc) is 3.25. The van der Waals surface area contributed by atoms with Gasteiger partial charge in [0.05, 0.1) is 24.3 Å². The highest BCUT2D eigenvalue weighted by molar-refractivity contribution is 5.93. The van der Waals surface area contributed by atoms with Gasteiger partial charge in [-0.2, -0.15) is 0 Å². The molecule has 1 fully saturated rings. The van der Waals surface area contributed by atoms with Crippen LogP contribution in [0, 0.1) is 11.8 Å². The molecular formula is C25H35N5O6. The Hall–Kier alpha value is -3.47. The molecule has 0 radical (unpaired) electrons. The molecule has 2 atom stereocenters. The molecule has 0 bridgehead atoms. The van der Waals surface area contributed by atoms with Gasteiger partial charge in [-0.15, -0.1) is 5.10 Å². The van der Waals surface area contributed by atoms with Gasteiger partial charge in [0.1, 0.15) is 11.3 Å². The number of aromatic nitrogens is 3. The number of hydrogen-bond donors (Lipinski definition) is 2. The number of piperidine rings is 1. The van der Waals surface area contributed by atoms with Crippen molar-refractivity contribution in [1.82, 2.24) is 24.8 Å². The number of ether oxygens (including phenoxy) is 1. The van der Waals surface area contributed by atoms with Gasteiger partial charge in [-0.05, 0) is 45.2 Å². The normalized spacial score (nSPS) is 18.2. The number of carbonyl (C=O) groups is 3. The molecule has 36 heavy (non-hydrogen) atoms. The van der Waals surface area contributed by atoms with Crippen LogP contribution in [0.25, 0.3) is 5.69 Å². The minimum atomic E-state index is -1.05. The highest BCUT2D eigenvalue weighted by Crippen LogP contribution is 2.26. The van der Waals surface area contributed by atoms with Gasteiger partial charge < -0.3 is 24.7 Å². The van der Waals surface area contributed by atoms with E-state index in [1.54, 1.807) is 37.8 Å². The number of para-hydroxylation sites is 1. The second-order valence-corrected chi connectivity index (χ2v) is 10.5. The number of likely N-dealkylation sites (tertiary alicyclic amines) is 1. The molecule has 0 spiro atoms. The highest BCUT2D eigenvalue weighted by atomic mass is 16.6. The molecule has 2 amide bonds. The van der Waals surface area contributed by atoms with Crippen LogP contribution >= 0.6 is 0 Å². The van der Waals surface area contributed by atoms with Gasteiger partial charge in [0.25, 0.3) is 5.91 Å². The standard InChI is InChI=1S/C25H35N5O6/c1-16(2)12-29(19-11-17(23(33)34)13-28(14-19)24(35)36-25(3,4)5)22(32)21-20(15-31)30(27-26-21)18-9-7-6-8-10-18/h6-10,16-17,19,31H,11-15H2,1-5H3,(H,33,34)/t17-,19?/m1/s1. The lowest BCUT2D eigenvalue weighted by atomic mass is 9.92. The van der Waals surface area contributed by atoms with E-state index in [0.717, 1.165) is 0 Å². The summed E-state index contributed by atoms with van der Waals surface area (Å²) in [6, 6.07) is 8.44. The first kappa shape index (κ1) is 27.1. The summed E-state index contributed by atoms with van der Waals surface area (Å²) in [7, 11) is 0. The van der Waals surface area contributed by atoms with E-state index in [0.29, 0.717) is 12.2 Å². The van der Waals surface area contributed by atoms with E-state index in [-0.39, 0.29) is 36.8 Å². The molecule has 196 valence electrons. The zero-order valence-electron chi connectivity index (χ0n) is 21.4. The lowest BCUT2D eigenvalue weighted by molar-refractivity contribution is -0.144. The molecule has 3 rings (SSSR count). The summed E-state index contributed by atoms with van der Waals surface area (Å²) in [6.45, 7) is 9.06. The maximum atomic E-state index is 13.8. The van der Waals surface area contributed by atoms with Crippen molar-refractivity contribution >= 4 is 18.0 Å². The molecule has 2 aromatic rings. The second-order valence-electron chi connectivity index (χ2n) is 10.5. The Morgan fingerprint density at radius 3 is 2.39 bits per heavy atom. The lowest BCUT2D eigenvalue weighted by Gasteiger charge is -2.42. The fourth-order valence-electron chi connectivity index (χ4n) is 4.27. The molecule has 1 aromatic heterocycles. The molecule has 2 N–H and O–H groups in total. The molecule has 1 aliphatic rings. The Balaban J connectivity index is 1.96. The van der Waals surface area contributed by atoms with Gasteiger partial charge in [0.2, 0.25) is 0 Å². The van der Waals surface area contributed by atoms with Crippen molar-refractivity contribution in [3.8, 4) is 5.69 Å². The highest BCUT2D eigenvalue weighted by Gasteiger charge is 2.40. The van der Waals surface area contributed by atoms with Gasteiger partial charge >= 0.3 is 12.1 Å². The number of aliphatic carboxylic acids is 1. The Kier molecular flexibility index (Phi) is 8.34. The third-order valence-electron chi connectivity index (χ3n) is 5.81. The van der Waals surface area contributed by atoms with Crippen molar-refractivity contribution in [2.45, 2.75) is 59.3 Å². The van der Waals surface area contributed by atoms with Crippen molar-refractivity contribution in [2.75, 3.05) is 19.6 Å². The maximum Gasteiger partial charge on any atom is 0.410 e. The Bertz CT molecular complexity index is 1080. The Labute approximate surface area is 210 Å².